The Morgan fingerprint density at radius 3 is 2.56 bits per heavy atom. The fourth-order valence-electron chi connectivity index (χ4n) is 2.10. The molecular weight excluding hydrogens is 386 g/mol. The lowest BCUT2D eigenvalue weighted by atomic mass is 10.2. The van der Waals surface area contributed by atoms with Crippen molar-refractivity contribution in [2.45, 2.75) is 6.54 Å². The SMILES string of the molecule is COc1ccc(Br)cc1/C=C/C(=O)NCc1ccc(NC(N)=O)cc1. The fourth-order valence-corrected chi connectivity index (χ4v) is 2.48. The minimum absolute atomic E-state index is 0.221. The quantitative estimate of drug-likeness (QED) is 0.645. The van der Waals surface area contributed by atoms with E-state index in [4.69, 9.17) is 10.5 Å². The summed E-state index contributed by atoms with van der Waals surface area (Å²) in [5.41, 5.74) is 7.35. The molecule has 0 heterocycles. The molecule has 0 saturated carbocycles. The monoisotopic (exact) mass is 403 g/mol. The van der Waals surface area contributed by atoms with Gasteiger partial charge in [0.1, 0.15) is 5.75 Å². The van der Waals surface area contributed by atoms with Crippen LogP contribution in [0.1, 0.15) is 11.1 Å². The predicted octanol–water partition coefficient (Wildman–Crippen LogP) is 3.28. The Kier molecular flexibility index (Phi) is 6.59. The molecule has 0 atom stereocenters. The molecule has 4 N–H and O–H groups in total. The van der Waals surface area contributed by atoms with Crippen molar-refractivity contribution < 1.29 is 14.3 Å². The van der Waals surface area contributed by atoms with E-state index in [0.29, 0.717) is 18.0 Å². The molecule has 0 radical (unpaired) electrons. The molecule has 0 fully saturated rings. The van der Waals surface area contributed by atoms with Gasteiger partial charge in [-0.25, -0.2) is 4.79 Å². The Balaban J connectivity index is 1.92. The molecule has 2 aromatic rings. The third-order valence-electron chi connectivity index (χ3n) is 3.29. The largest absolute Gasteiger partial charge is 0.496 e. The van der Waals surface area contributed by atoms with Gasteiger partial charge in [-0.05, 0) is 42.0 Å². The van der Waals surface area contributed by atoms with Gasteiger partial charge in [-0.15, -0.1) is 0 Å². The molecule has 2 aromatic carbocycles. The zero-order chi connectivity index (χ0) is 18.2. The van der Waals surface area contributed by atoms with Crippen molar-refractivity contribution in [2.24, 2.45) is 5.73 Å². The Hall–Kier alpha value is -2.80. The number of hydrogen-bond donors (Lipinski definition) is 3. The van der Waals surface area contributed by atoms with Crippen LogP contribution in [0.5, 0.6) is 5.75 Å². The molecule has 25 heavy (non-hydrogen) atoms. The van der Waals surface area contributed by atoms with Gasteiger partial charge >= 0.3 is 6.03 Å². The second kappa shape index (κ2) is 8.89. The zero-order valence-corrected chi connectivity index (χ0v) is 15.2. The van der Waals surface area contributed by atoms with Crippen LogP contribution in [-0.4, -0.2) is 19.0 Å². The van der Waals surface area contributed by atoms with Crippen LogP contribution < -0.4 is 21.1 Å². The van der Waals surface area contributed by atoms with Crippen LogP contribution in [0.4, 0.5) is 10.5 Å². The summed E-state index contributed by atoms with van der Waals surface area (Å²) < 4.78 is 6.16. The third kappa shape index (κ3) is 5.96. The lowest BCUT2D eigenvalue weighted by Crippen LogP contribution is -2.20. The second-order valence-electron chi connectivity index (χ2n) is 5.12. The van der Waals surface area contributed by atoms with Gasteiger partial charge < -0.3 is 21.1 Å². The molecule has 6 nitrogen and oxygen atoms in total. The van der Waals surface area contributed by atoms with Gasteiger partial charge in [0.15, 0.2) is 0 Å². The van der Waals surface area contributed by atoms with Crippen molar-refractivity contribution in [1.29, 1.82) is 0 Å². The third-order valence-corrected chi connectivity index (χ3v) is 3.79. The normalized spacial score (nSPS) is 10.5. The molecule has 2 rings (SSSR count). The van der Waals surface area contributed by atoms with Crippen LogP contribution in [0.25, 0.3) is 6.08 Å². The van der Waals surface area contributed by atoms with Crippen molar-refractivity contribution in [1.82, 2.24) is 5.32 Å². The number of hydrogen-bond acceptors (Lipinski definition) is 3. The molecule has 0 aliphatic carbocycles. The molecule has 130 valence electrons. The number of anilines is 1. The number of ether oxygens (including phenoxy) is 1. The maximum atomic E-state index is 12.0. The average Bonchev–Trinajstić information content (AvgIpc) is 2.59. The van der Waals surface area contributed by atoms with Gasteiger partial charge in [-0.2, -0.15) is 0 Å². The van der Waals surface area contributed by atoms with Crippen LogP contribution in [0.2, 0.25) is 0 Å². The highest BCUT2D eigenvalue weighted by molar-refractivity contribution is 9.10. The summed E-state index contributed by atoms with van der Waals surface area (Å²) in [5, 5.41) is 5.27. The minimum atomic E-state index is -0.617. The number of nitrogens with two attached hydrogens (primary N) is 1. The number of rotatable bonds is 6. The highest BCUT2D eigenvalue weighted by atomic mass is 79.9. The molecule has 7 heteroatoms. The maximum absolute atomic E-state index is 12.0. The molecule has 3 amide bonds. The van der Waals surface area contributed by atoms with E-state index in [9.17, 15) is 9.59 Å². The van der Waals surface area contributed by atoms with Gasteiger partial charge in [0, 0.05) is 28.3 Å². The van der Waals surface area contributed by atoms with Crippen molar-refractivity contribution in [3.63, 3.8) is 0 Å². The van der Waals surface area contributed by atoms with E-state index in [1.807, 2.05) is 18.2 Å². The smallest absolute Gasteiger partial charge is 0.316 e. The highest BCUT2D eigenvalue weighted by Crippen LogP contribution is 2.24. The Labute approximate surface area is 154 Å². The van der Waals surface area contributed by atoms with Crippen molar-refractivity contribution in [3.05, 3.63) is 64.1 Å². The summed E-state index contributed by atoms with van der Waals surface area (Å²) in [6.45, 7) is 0.371. The minimum Gasteiger partial charge on any atom is -0.496 e. The number of primary amides is 1. The number of amides is 3. The second-order valence-corrected chi connectivity index (χ2v) is 6.04. The highest BCUT2D eigenvalue weighted by Gasteiger charge is 2.02. The number of nitrogens with one attached hydrogen (secondary N) is 2. The number of halogens is 1. The Bertz CT molecular complexity index is 789. The molecule has 0 aliphatic rings. The summed E-state index contributed by atoms with van der Waals surface area (Å²) in [6, 6.07) is 12.0. The first-order valence-corrected chi connectivity index (χ1v) is 8.22. The zero-order valence-electron chi connectivity index (χ0n) is 13.6. The first-order chi connectivity index (χ1) is 12.0. The van der Waals surface area contributed by atoms with Gasteiger partial charge in [-0.1, -0.05) is 28.1 Å². The fraction of sp³-hybridized carbons (Fsp3) is 0.111. The van der Waals surface area contributed by atoms with E-state index >= 15 is 0 Å². The molecule has 0 unspecified atom stereocenters. The average molecular weight is 404 g/mol. The van der Waals surface area contributed by atoms with Gasteiger partial charge in [0.2, 0.25) is 5.91 Å². The summed E-state index contributed by atoms with van der Waals surface area (Å²) >= 11 is 3.39. The molecule has 0 aliphatic heterocycles. The molecule has 0 saturated heterocycles. The van der Waals surface area contributed by atoms with Crippen LogP contribution in [0, 0.1) is 0 Å². The number of carbonyl (C=O) groups is 2. The van der Waals surface area contributed by atoms with Crippen molar-refractivity contribution in [3.8, 4) is 5.75 Å². The van der Waals surface area contributed by atoms with E-state index in [0.717, 1.165) is 15.6 Å². The van der Waals surface area contributed by atoms with Crippen LogP contribution in [-0.2, 0) is 11.3 Å². The topological polar surface area (TPSA) is 93.4 Å². The van der Waals surface area contributed by atoms with Crippen LogP contribution >= 0.6 is 15.9 Å². The molecule has 0 aromatic heterocycles. The first-order valence-electron chi connectivity index (χ1n) is 7.43. The van der Waals surface area contributed by atoms with Crippen molar-refractivity contribution in [2.75, 3.05) is 12.4 Å². The first kappa shape index (κ1) is 18.5. The summed E-state index contributed by atoms with van der Waals surface area (Å²) in [7, 11) is 1.58. The van der Waals surface area contributed by atoms with Crippen LogP contribution in [0.3, 0.4) is 0 Å². The lowest BCUT2D eigenvalue weighted by molar-refractivity contribution is -0.116. The summed E-state index contributed by atoms with van der Waals surface area (Å²) in [6.07, 6.45) is 3.14. The van der Waals surface area contributed by atoms with Gasteiger partial charge in [-0.3, -0.25) is 4.79 Å². The van der Waals surface area contributed by atoms with Crippen LogP contribution in [0.15, 0.2) is 53.0 Å². The summed E-state index contributed by atoms with van der Waals surface area (Å²) in [5.74, 6) is 0.464. The summed E-state index contributed by atoms with van der Waals surface area (Å²) in [4.78, 5) is 22.7. The maximum Gasteiger partial charge on any atom is 0.316 e. The predicted molar refractivity (Wildman–Crippen MR) is 101 cm³/mol. The van der Waals surface area contributed by atoms with Gasteiger partial charge in [0.25, 0.3) is 0 Å². The van der Waals surface area contributed by atoms with E-state index in [1.165, 1.54) is 6.08 Å². The van der Waals surface area contributed by atoms with E-state index in [2.05, 4.69) is 26.6 Å². The van der Waals surface area contributed by atoms with Gasteiger partial charge in [0.05, 0.1) is 7.11 Å². The van der Waals surface area contributed by atoms with E-state index in [-0.39, 0.29) is 5.91 Å². The van der Waals surface area contributed by atoms with Crippen molar-refractivity contribution >= 4 is 39.6 Å². The van der Waals surface area contributed by atoms with E-state index < -0.39 is 6.03 Å². The number of benzene rings is 2. The number of carbonyl (C=O) groups excluding carboxylic acids is 2. The standard InChI is InChI=1S/C18H18BrN3O3/c1-25-16-8-5-14(19)10-13(16)4-9-17(23)21-11-12-2-6-15(7-3-12)22-18(20)24/h2-10H,11H2,1H3,(H,21,23)(H3,20,22,24)/b9-4+. The number of urea groups is 1. The molecule has 0 bridgehead atoms. The Morgan fingerprint density at radius 1 is 1.20 bits per heavy atom. The number of methoxy groups -OCH3 is 1. The molecule has 0 spiro atoms. The molecular formula is C18H18BrN3O3. The lowest BCUT2D eigenvalue weighted by Gasteiger charge is -2.06. The Morgan fingerprint density at radius 2 is 1.92 bits per heavy atom. The van der Waals surface area contributed by atoms with E-state index in [1.54, 1.807) is 37.5 Å².